The number of hydrogen-bond acceptors (Lipinski definition) is 2. The highest BCUT2D eigenvalue weighted by atomic mass is 16.1. The lowest BCUT2D eigenvalue weighted by molar-refractivity contribution is -0.124. The second-order valence-corrected chi connectivity index (χ2v) is 6.90. The minimum atomic E-state index is -0.222. The van der Waals surface area contributed by atoms with Gasteiger partial charge in [-0.05, 0) is 67.2 Å². The van der Waals surface area contributed by atoms with Gasteiger partial charge >= 0.3 is 0 Å². The summed E-state index contributed by atoms with van der Waals surface area (Å²) in [5.41, 5.74) is 3.90. The Balaban J connectivity index is 1.84. The minimum Gasteiger partial charge on any atom is -0.299 e. The number of carbonyl (C=O) groups excluding carboxylic acids is 2. The molecule has 0 heterocycles. The minimum absolute atomic E-state index is 0.222. The van der Waals surface area contributed by atoms with E-state index in [0.29, 0.717) is 24.0 Å². The monoisotopic (exact) mass is 268 g/mol. The number of hydrogen-bond donors (Lipinski definition) is 0. The van der Waals surface area contributed by atoms with Gasteiger partial charge in [0.05, 0.1) is 0 Å². The average Bonchev–Trinajstić information content (AvgIpc) is 2.74. The van der Waals surface area contributed by atoms with Gasteiger partial charge in [0.2, 0.25) is 0 Å². The third kappa shape index (κ3) is 1.51. The summed E-state index contributed by atoms with van der Waals surface area (Å²) in [6.45, 7) is 2.13. The molecule has 4 aliphatic carbocycles. The maximum atomic E-state index is 12.2. The van der Waals surface area contributed by atoms with Gasteiger partial charge < -0.3 is 0 Å². The Morgan fingerprint density at radius 3 is 2.80 bits per heavy atom. The van der Waals surface area contributed by atoms with Crippen LogP contribution < -0.4 is 0 Å². The number of carbonyl (C=O) groups is 2. The molecule has 0 radical (unpaired) electrons. The molecule has 4 aliphatic rings. The lowest BCUT2D eigenvalue weighted by Crippen LogP contribution is -2.37. The van der Waals surface area contributed by atoms with Crippen molar-refractivity contribution in [3.8, 4) is 0 Å². The van der Waals surface area contributed by atoms with Crippen LogP contribution in [0, 0.1) is 17.3 Å². The smallest absolute Gasteiger partial charge is 0.156 e. The lowest BCUT2D eigenvalue weighted by Gasteiger charge is -2.42. The van der Waals surface area contributed by atoms with Gasteiger partial charge in [0.15, 0.2) is 5.78 Å². The maximum absolute atomic E-state index is 12.2. The van der Waals surface area contributed by atoms with Crippen molar-refractivity contribution in [1.29, 1.82) is 0 Å². The molecule has 0 aliphatic heterocycles. The van der Waals surface area contributed by atoms with Crippen LogP contribution in [0.4, 0.5) is 0 Å². The first kappa shape index (κ1) is 12.3. The van der Waals surface area contributed by atoms with E-state index >= 15 is 0 Å². The number of Topliss-reactive ketones (excluding diaryl/α,β-unsaturated/α-hetero) is 1. The topological polar surface area (TPSA) is 34.1 Å². The summed E-state index contributed by atoms with van der Waals surface area (Å²) in [6.07, 6.45) is 11.7. The number of rotatable bonds is 0. The van der Waals surface area contributed by atoms with Gasteiger partial charge in [-0.25, -0.2) is 0 Å². The predicted octanol–water partition coefficient (Wildman–Crippen LogP) is 3.54. The molecule has 104 valence electrons. The Morgan fingerprint density at radius 1 is 1.10 bits per heavy atom. The summed E-state index contributed by atoms with van der Waals surface area (Å²) in [4.78, 5) is 23.8. The van der Waals surface area contributed by atoms with E-state index in [4.69, 9.17) is 0 Å². The molecule has 0 aromatic heterocycles. The Kier molecular flexibility index (Phi) is 2.48. The summed E-state index contributed by atoms with van der Waals surface area (Å²) in [5, 5.41) is 0. The Bertz CT molecular complexity index is 605. The van der Waals surface area contributed by atoms with E-state index in [1.165, 1.54) is 16.7 Å². The van der Waals surface area contributed by atoms with Gasteiger partial charge in [0.1, 0.15) is 5.78 Å². The molecule has 0 amide bonds. The molecule has 0 spiro atoms. The van der Waals surface area contributed by atoms with Crippen molar-refractivity contribution in [3.63, 3.8) is 0 Å². The molecule has 20 heavy (non-hydrogen) atoms. The van der Waals surface area contributed by atoms with Crippen LogP contribution in [-0.4, -0.2) is 11.6 Å². The molecule has 2 nitrogen and oxygen atoms in total. The van der Waals surface area contributed by atoms with Crippen molar-refractivity contribution in [3.05, 3.63) is 34.9 Å². The summed E-state index contributed by atoms with van der Waals surface area (Å²) in [7, 11) is 0. The van der Waals surface area contributed by atoms with Crippen LogP contribution in [-0.2, 0) is 9.59 Å². The fourth-order valence-electron chi connectivity index (χ4n) is 4.81. The average molecular weight is 268 g/mol. The van der Waals surface area contributed by atoms with E-state index < -0.39 is 0 Å². The third-order valence-electron chi connectivity index (χ3n) is 5.97. The highest BCUT2D eigenvalue weighted by Gasteiger charge is 2.51. The molecule has 2 heteroatoms. The first-order valence-corrected chi connectivity index (χ1v) is 7.79. The van der Waals surface area contributed by atoms with Crippen molar-refractivity contribution in [1.82, 2.24) is 0 Å². The second-order valence-electron chi connectivity index (χ2n) is 6.90. The molecular weight excluding hydrogens is 248 g/mol. The molecule has 1 fully saturated rings. The molecule has 3 atom stereocenters. The van der Waals surface area contributed by atoms with Crippen molar-refractivity contribution in [2.75, 3.05) is 0 Å². The van der Waals surface area contributed by atoms with Gasteiger partial charge in [0, 0.05) is 18.3 Å². The Labute approximate surface area is 119 Å². The van der Waals surface area contributed by atoms with Crippen LogP contribution in [0.15, 0.2) is 34.9 Å². The van der Waals surface area contributed by atoms with Crippen LogP contribution in [0.1, 0.15) is 45.4 Å². The molecule has 0 bridgehead atoms. The van der Waals surface area contributed by atoms with Crippen molar-refractivity contribution >= 4 is 11.6 Å². The lowest BCUT2D eigenvalue weighted by atomic mass is 9.61. The van der Waals surface area contributed by atoms with Crippen molar-refractivity contribution in [2.45, 2.75) is 45.4 Å². The first-order chi connectivity index (χ1) is 9.59. The predicted molar refractivity (Wildman–Crippen MR) is 77.1 cm³/mol. The van der Waals surface area contributed by atoms with E-state index in [-0.39, 0.29) is 11.2 Å². The summed E-state index contributed by atoms with van der Waals surface area (Å²) >= 11 is 0. The van der Waals surface area contributed by atoms with Gasteiger partial charge in [-0.3, -0.25) is 9.59 Å². The number of ketones is 2. The second kappa shape index (κ2) is 4.03. The zero-order chi connectivity index (χ0) is 13.9. The molecule has 4 rings (SSSR count). The normalized spacial score (nSPS) is 39.4. The summed E-state index contributed by atoms with van der Waals surface area (Å²) in [5.74, 6) is 1.73. The Hall–Kier alpha value is -1.44. The van der Waals surface area contributed by atoms with E-state index in [0.717, 1.165) is 32.1 Å². The zero-order valence-electron chi connectivity index (χ0n) is 11.9. The van der Waals surface area contributed by atoms with E-state index in [2.05, 4.69) is 19.1 Å². The molecule has 0 aromatic carbocycles. The maximum Gasteiger partial charge on any atom is 0.156 e. The highest BCUT2D eigenvalue weighted by molar-refractivity contribution is 5.93. The van der Waals surface area contributed by atoms with Gasteiger partial charge in [0.25, 0.3) is 0 Å². The van der Waals surface area contributed by atoms with Gasteiger partial charge in [-0.1, -0.05) is 12.2 Å². The molecule has 1 saturated carbocycles. The molecule has 0 saturated heterocycles. The van der Waals surface area contributed by atoms with Crippen LogP contribution >= 0.6 is 0 Å². The van der Waals surface area contributed by atoms with Gasteiger partial charge in [-0.2, -0.15) is 0 Å². The van der Waals surface area contributed by atoms with Crippen LogP contribution in [0.5, 0.6) is 0 Å². The van der Waals surface area contributed by atoms with Crippen molar-refractivity contribution < 1.29 is 9.59 Å². The third-order valence-corrected chi connectivity index (χ3v) is 5.97. The number of fused-ring (bicyclic) bond motifs is 4. The van der Waals surface area contributed by atoms with Crippen molar-refractivity contribution in [2.24, 2.45) is 17.3 Å². The quantitative estimate of drug-likeness (QED) is 0.673. The fraction of sp³-hybridized carbons (Fsp3) is 0.556. The van der Waals surface area contributed by atoms with Gasteiger partial charge in [-0.15, -0.1) is 0 Å². The van der Waals surface area contributed by atoms with Crippen LogP contribution in [0.2, 0.25) is 0 Å². The largest absolute Gasteiger partial charge is 0.299 e. The molecule has 0 N–H and O–H groups in total. The fourth-order valence-corrected chi connectivity index (χ4v) is 4.81. The molecular formula is C18H20O2. The summed E-state index contributed by atoms with van der Waals surface area (Å²) < 4.78 is 0. The first-order valence-electron chi connectivity index (χ1n) is 7.79. The highest BCUT2D eigenvalue weighted by Crippen LogP contribution is 2.55. The van der Waals surface area contributed by atoms with Crippen LogP contribution in [0.3, 0.4) is 0 Å². The van der Waals surface area contributed by atoms with E-state index in [1.54, 1.807) is 0 Å². The standard InChI is InChI=1S/C18H20O2/c1-18-9-8-14-13-5-3-12(19)10-11(13)2-4-15(14)16(18)6-7-17(18)20/h8-10,15-16H,2-7H2,1H3/t15-,16+,18+/m1/s1. The summed E-state index contributed by atoms with van der Waals surface area (Å²) in [6, 6.07) is 0. The zero-order valence-corrected chi connectivity index (χ0v) is 11.9. The molecule has 0 unspecified atom stereocenters. The van der Waals surface area contributed by atoms with E-state index in [9.17, 15) is 9.59 Å². The van der Waals surface area contributed by atoms with Crippen LogP contribution in [0.25, 0.3) is 0 Å². The number of allylic oxidation sites excluding steroid dienone is 6. The SMILES string of the molecule is C[C@]12C=CC3=C4CCC(=O)C=C4CC[C@H]3[C@@H]1CCC2=O. The molecule has 0 aromatic rings. The van der Waals surface area contributed by atoms with E-state index in [1.807, 2.05) is 6.08 Å². The Morgan fingerprint density at radius 2 is 1.95 bits per heavy atom.